The maximum absolute atomic E-state index is 13.7. The highest BCUT2D eigenvalue weighted by Gasteiger charge is 2.28. The standard InChI is InChI=1S/C30H31FN8O2/c1-18(31)29(40)34-23-12-24(27(41-5)13-26(23)39-11-10-20(16-39)37(2)3)35-30-33-15-19(14-32)28(36-30)22-17-38(4)25-9-7-6-8-21(22)25/h6-9,12-13,15,17,20H,1,10-11,16H2,2-5H3,(H,34,40)(H,33,35,36)/t20-/m1/s1. The minimum Gasteiger partial charge on any atom is -0.494 e. The maximum Gasteiger partial charge on any atom is 0.283 e. The molecule has 0 bridgehead atoms. The number of rotatable bonds is 8. The van der Waals surface area contributed by atoms with E-state index in [1.165, 1.54) is 6.20 Å². The molecule has 1 amide bonds. The number of likely N-dealkylation sites (N-methyl/N-ethyl adjacent to an activating group) is 1. The Hall–Kier alpha value is -4.95. The molecule has 3 heterocycles. The molecule has 2 aromatic carbocycles. The number of carbonyl (C=O) groups is 1. The minimum absolute atomic E-state index is 0.221. The van der Waals surface area contributed by atoms with Crippen LogP contribution in [-0.4, -0.2) is 65.7 Å². The van der Waals surface area contributed by atoms with Crippen LogP contribution in [0.15, 0.2) is 61.2 Å². The van der Waals surface area contributed by atoms with E-state index in [2.05, 4.69) is 38.1 Å². The molecule has 11 heteroatoms. The molecule has 0 aliphatic carbocycles. The van der Waals surface area contributed by atoms with Crippen molar-refractivity contribution in [3.8, 4) is 23.1 Å². The number of hydrogen-bond donors (Lipinski definition) is 2. The first-order valence-corrected chi connectivity index (χ1v) is 13.1. The van der Waals surface area contributed by atoms with Gasteiger partial charge in [0.05, 0.1) is 41.6 Å². The molecule has 0 unspecified atom stereocenters. The van der Waals surface area contributed by atoms with Gasteiger partial charge >= 0.3 is 0 Å². The van der Waals surface area contributed by atoms with E-state index in [0.717, 1.165) is 36.0 Å². The van der Waals surface area contributed by atoms with Crippen LogP contribution in [0.5, 0.6) is 5.75 Å². The number of hydrogen-bond acceptors (Lipinski definition) is 8. The fraction of sp³-hybridized carbons (Fsp3) is 0.267. The maximum atomic E-state index is 13.7. The molecule has 1 fully saturated rings. The topological polar surface area (TPSA) is 111 Å². The summed E-state index contributed by atoms with van der Waals surface area (Å²) < 4.78 is 21.4. The summed E-state index contributed by atoms with van der Waals surface area (Å²) in [5, 5.41) is 16.6. The van der Waals surface area contributed by atoms with Crippen LogP contribution >= 0.6 is 0 Å². The van der Waals surface area contributed by atoms with Gasteiger partial charge in [-0.05, 0) is 32.6 Å². The van der Waals surface area contributed by atoms with Crippen LogP contribution in [0.25, 0.3) is 22.2 Å². The molecule has 2 aromatic heterocycles. The minimum atomic E-state index is -1.09. The smallest absolute Gasteiger partial charge is 0.283 e. The molecular weight excluding hydrogens is 523 g/mol. The monoisotopic (exact) mass is 554 g/mol. The van der Waals surface area contributed by atoms with Crippen molar-refractivity contribution in [2.24, 2.45) is 7.05 Å². The van der Waals surface area contributed by atoms with Crippen molar-refractivity contribution < 1.29 is 13.9 Å². The highest BCUT2D eigenvalue weighted by Crippen LogP contribution is 2.40. The van der Waals surface area contributed by atoms with Gasteiger partial charge in [0.2, 0.25) is 5.95 Å². The number of nitrogens with zero attached hydrogens (tertiary/aromatic N) is 6. The van der Waals surface area contributed by atoms with Crippen LogP contribution in [0.2, 0.25) is 0 Å². The fourth-order valence-corrected chi connectivity index (χ4v) is 5.15. The number of aryl methyl sites for hydroxylation is 1. The third-order valence-electron chi connectivity index (χ3n) is 7.35. The lowest BCUT2D eigenvalue weighted by atomic mass is 10.1. The van der Waals surface area contributed by atoms with E-state index in [1.54, 1.807) is 19.2 Å². The number of ether oxygens (including phenoxy) is 1. The summed E-state index contributed by atoms with van der Waals surface area (Å²) in [4.78, 5) is 25.7. The lowest BCUT2D eigenvalue weighted by Crippen LogP contribution is -2.31. The third-order valence-corrected chi connectivity index (χ3v) is 7.35. The van der Waals surface area contributed by atoms with Gasteiger partial charge in [-0.2, -0.15) is 5.26 Å². The van der Waals surface area contributed by atoms with Gasteiger partial charge in [-0.15, -0.1) is 0 Å². The summed E-state index contributed by atoms with van der Waals surface area (Å²) in [5.74, 6) is -1.33. The number of methoxy groups -OCH3 is 1. The molecule has 1 aliphatic heterocycles. The van der Waals surface area contributed by atoms with Gasteiger partial charge in [-0.25, -0.2) is 14.4 Å². The Bertz CT molecular complexity index is 1690. The predicted octanol–water partition coefficient (Wildman–Crippen LogP) is 4.82. The van der Waals surface area contributed by atoms with Gasteiger partial charge in [0, 0.05) is 54.9 Å². The summed E-state index contributed by atoms with van der Waals surface area (Å²) in [6.07, 6.45) is 4.34. The van der Waals surface area contributed by atoms with Crippen molar-refractivity contribution in [1.82, 2.24) is 19.4 Å². The van der Waals surface area contributed by atoms with Gasteiger partial charge in [0.15, 0.2) is 5.83 Å². The molecule has 41 heavy (non-hydrogen) atoms. The molecule has 0 saturated carbocycles. The van der Waals surface area contributed by atoms with E-state index in [4.69, 9.17) is 9.72 Å². The molecule has 4 aromatic rings. The highest BCUT2D eigenvalue weighted by atomic mass is 19.1. The Morgan fingerprint density at radius 1 is 1.27 bits per heavy atom. The largest absolute Gasteiger partial charge is 0.494 e. The van der Waals surface area contributed by atoms with Crippen molar-refractivity contribution in [1.29, 1.82) is 5.26 Å². The first kappa shape index (κ1) is 27.6. The SMILES string of the molecule is C=C(F)C(=O)Nc1cc(Nc2ncc(C#N)c(-c3cn(C)c4ccccc34)n2)c(OC)cc1N1CC[C@@H](N(C)C)C1. The van der Waals surface area contributed by atoms with Crippen molar-refractivity contribution in [2.45, 2.75) is 12.5 Å². The number of fused-ring (bicyclic) bond motifs is 1. The Morgan fingerprint density at radius 3 is 2.73 bits per heavy atom. The van der Waals surface area contributed by atoms with Crippen molar-refractivity contribution in [2.75, 3.05) is 49.8 Å². The highest BCUT2D eigenvalue weighted by molar-refractivity contribution is 6.04. The van der Waals surface area contributed by atoms with E-state index < -0.39 is 11.7 Å². The molecule has 0 radical (unpaired) electrons. The lowest BCUT2D eigenvalue weighted by Gasteiger charge is -2.25. The quantitative estimate of drug-likeness (QED) is 0.298. The number of benzene rings is 2. The Balaban J connectivity index is 1.56. The summed E-state index contributed by atoms with van der Waals surface area (Å²) in [6.45, 7) is 4.62. The van der Waals surface area contributed by atoms with Gasteiger partial charge in [0.25, 0.3) is 5.91 Å². The number of anilines is 4. The van der Waals surface area contributed by atoms with E-state index in [9.17, 15) is 14.4 Å². The zero-order chi connectivity index (χ0) is 29.3. The van der Waals surface area contributed by atoms with Crippen molar-refractivity contribution >= 4 is 39.8 Å². The van der Waals surface area contributed by atoms with Crippen LogP contribution in [0.4, 0.5) is 27.4 Å². The number of para-hydroxylation sites is 1. The third kappa shape index (κ3) is 5.42. The van der Waals surface area contributed by atoms with Crippen LogP contribution in [0, 0.1) is 11.3 Å². The first-order chi connectivity index (χ1) is 19.7. The Kier molecular flexibility index (Phi) is 7.59. The van der Waals surface area contributed by atoms with Crippen LogP contribution in [0.1, 0.15) is 12.0 Å². The van der Waals surface area contributed by atoms with Gasteiger partial charge in [-0.3, -0.25) is 4.79 Å². The number of nitriles is 1. The molecular formula is C30H31FN8O2. The molecule has 10 nitrogen and oxygen atoms in total. The van der Waals surface area contributed by atoms with Gasteiger partial charge in [0.1, 0.15) is 11.8 Å². The molecule has 5 rings (SSSR count). The van der Waals surface area contributed by atoms with Crippen LogP contribution in [0.3, 0.4) is 0 Å². The zero-order valence-corrected chi connectivity index (χ0v) is 23.4. The van der Waals surface area contributed by atoms with Gasteiger partial charge in [-0.1, -0.05) is 24.8 Å². The van der Waals surface area contributed by atoms with E-state index in [1.807, 2.05) is 56.2 Å². The number of halogens is 1. The predicted molar refractivity (Wildman–Crippen MR) is 158 cm³/mol. The van der Waals surface area contributed by atoms with E-state index in [0.29, 0.717) is 40.1 Å². The van der Waals surface area contributed by atoms with Crippen molar-refractivity contribution in [3.05, 3.63) is 66.8 Å². The molecule has 1 atom stereocenters. The van der Waals surface area contributed by atoms with Crippen LogP contribution in [-0.2, 0) is 11.8 Å². The lowest BCUT2D eigenvalue weighted by molar-refractivity contribution is -0.114. The molecule has 1 aliphatic rings. The molecule has 210 valence electrons. The van der Waals surface area contributed by atoms with E-state index in [-0.39, 0.29) is 5.95 Å². The Morgan fingerprint density at radius 2 is 2.05 bits per heavy atom. The molecule has 1 saturated heterocycles. The number of aromatic nitrogens is 3. The Labute approximate surface area is 237 Å². The average Bonchev–Trinajstić information content (AvgIpc) is 3.59. The number of carbonyl (C=O) groups excluding carboxylic acids is 1. The summed E-state index contributed by atoms with van der Waals surface area (Å²) >= 11 is 0. The number of nitrogens with one attached hydrogen (secondary N) is 2. The van der Waals surface area contributed by atoms with Crippen molar-refractivity contribution in [3.63, 3.8) is 0 Å². The van der Waals surface area contributed by atoms with Crippen LogP contribution < -0.4 is 20.3 Å². The zero-order valence-electron chi connectivity index (χ0n) is 23.4. The second-order valence-corrected chi connectivity index (χ2v) is 10.1. The number of amides is 1. The summed E-state index contributed by atoms with van der Waals surface area (Å²) in [6, 6.07) is 13.9. The normalized spacial score (nSPS) is 14.8. The first-order valence-electron chi connectivity index (χ1n) is 13.1. The summed E-state index contributed by atoms with van der Waals surface area (Å²) in [7, 11) is 7.54. The average molecular weight is 555 g/mol. The second-order valence-electron chi connectivity index (χ2n) is 10.1. The molecule has 2 N–H and O–H groups in total. The van der Waals surface area contributed by atoms with E-state index >= 15 is 0 Å². The second kappa shape index (κ2) is 11.3. The summed E-state index contributed by atoms with van der Waals surface area (Å²) in [5.41, 5.74) is 4.15. The fourth-order valence-electron chi connectivity index (χ4n) is 5.15. The van der Waals surface area contributed by atoms with Gasteiger partial charge < -0.3 is 29.7 Å². The molecule has 0 spiro atoms.